The van der Waals surface area contributed by atoms with Crippen molar-refractivity contribution in [2.24, 2.45) is 5.92 Å². The third-order valence-corrected chi connectivity index (χ3v) is 6.65. The number of hydrogen-bond donors (Lipinski definition) is 0. The second kappa shape index (κ2) is 9.68. The predicted octanol–water partition coefficient (Wildman–Crippen LogP) is 4.17. The number of carbonyl (C=O) groups excluding carboxylic acids is 1. The quantitative estimate of drug-likeness (QED) is 0.702. The van der Waals surface area contributed by atoms with Crippen LogP contribution in [0.3, 0.4) is 0 Å². The summed E-state index contributed by atoms with van der Waals surface area (Å²) in [4.78, 5) is 19.2. The summed E-state index contributed by atoms with van der Waals surface area (Å²) in [6.07, 6.45) is 4.47. The molecule has 4 nitrogen and oxygen atoms in total. The molecular formula is C23H30N2O2S. The van der Waals surface area contributed by atoms with Crippen LogP contribution in [0.2, 0.25) is 0 Å². The number of rotatable bonds is 7. The van der Waals surface area contributed by atoms with E-state index in [1.54, 1.807) is 11.3 Å². The second-order valence-corrected chi connectivity index (χ2v) is 9.03. The lowest BCUT2D eigenvalue weighted by molar-refractivity contribution is -0.139. The molecule has 2 saturated heterocycles. The van der Waals surface area contributed by atoms with E-state index >= 15 is 0 Å². The van der Waals surface area contributed by atoms with Crippen molar-refractivity contribution in [2.75, 3.05) is 26.2 Å². The van der Waals surface area contributed by atoms with E-state index in [1.165, 1.54) is 10.4 Å². The van der Waals surface area contributed by atoms with Crippen molar-refractivity contribution < 1.29 is 9.53 Å². The summed E-state index contributed by atoms with van der Waals surface area (Å²) < 4.78 is 5.84. The lowest BCUT2D eigenvalue weighted by Gasteiger charge is -2.35. The van der Waals surface area contributed by atoms with Crippen LogP contribution in [0.15, 0.2) is 47.8 Å². The van der Waals surface area contributed by atoms with Crippen LogP contribution in [-0.4, -0.2) is 48.1 Å². The first-order valence-electron chi connectivity index (χ1n) is 10.5. The van der Waals surface area contributed by atoms with E-state index in [0.717, 1.165) is 58.5 Å². The van der Waals surface area contributed by atoms with E-state index in [9.17, 15) is 4.79 Å². The number of carbonyl (C=O) groups is 1. The van der Waals surface area contributed by atoms with Gasteiger partial charge in [-0.3, -0.25) is 9.69 Å². The number of ether oxygens (including phenoxy) is 1. The Morgan fingerprint density at radius 2 is 2.04 bits per heavy atom. The fourth-order valence-electron chi connectivity index (χ4n) is 4.36. The molecule has 2 atom stereocenters. The first-order chi connectivity index (χ1) is 13.8. The third kappa shape index (κ3) is 5.22. The second-order valence-electron chi connectivity index (χ2n) is 7.99. The molecule has 1 amide bonds. The fraction of sp³-hybridized carbons (Fsp3) is 0.522. The zero-order chi connectivity index (χ0) is 19.2. The van der Waals surface area contributed by atoms with Crippen LogP contribution in [0.5, 0.6) is 0 Å². The van der Waals surface area contributed by atoms with Gasteiger partial charge in [-0.1, -0.05) is 36.4 Å². The molecule has 28 heavy (non-hydrogen) atoms. The molecule has 0 saturated carbocycles. The van der Waals surface area contributed by atoms with Gasteiger partial charge < -0.3 is 9.64 Å². The molecular weight excluding hydrogens is 368 g/mol. The minimum atomic E-state index is 0.0961. The average Bonchev–Trinajstić information content (AvgIpc) is 3.42. The highest BCUT2D eigenvalue weighted by Gasteiger charge is 2.31. The Hall–Kier alpha value is -1.69. The molecule has 2 aliphatic heterocycles. The molecule has 5 heteroatoms. The fourth-order valence-corrected chi connectivity index (χ4v) is 5.08. The van der Waals surface area contributed by atoms with E-state index < -0.39 is 0 Å². The molecule has 0 radical (unpaired) electrons. The topological polar surface area (TPSA) is 32.8 Å². The number of hydrogen-bond acceptors (Lipinski definition) is 4. The Balaban J connectivity index is 1.40. The standard InChI is InChI=1S/C23H30N2O2S/c26-23(20-9-4-12-24(16-20)15-19-7-2-1-3-8-19)25(17-21-10-5-13-27-21)18-22-11-6-14-28-22/h1-3,6-8,11,14,20-21H,4-5,9-10,12-13,15-18H2. The van der Waals surface area contributed by atoms with E-state index in [4.69, 9.17) is 4.74 Å². The van der Waals surface area contributed by atoms with Crippen LogP contribution in [0.25, 0.3) is 0 Å². The Morgan fingerprint density at radius 1 is 1.14 bits per heavy atom. The van der Waals surface area contributed by atoms with E-state index in [2.05, 4.69) is 57.6 Å². The highest BCUT2D eigenvalue weighted by molar-refractivity contribution is 7.09. The van der Waals surface area contributed by atoms with Gasteiger partial charge in [0.1, 0.15) is 0 Å². The molecule has 0 aliphatic carbocycles. The Kier molecular flexibility index (Phi) is 6.78. The number of nitrogens with zero attached hydrogens (tertiary/aromatic N) is 2. The molecule has 2 aliphatic rings. The van der Waals surface area contributed by atoms with Gasteiger partial charge in [0.15, 0.2) is 0 Å². The van der Waals surface area contributed by atoms with E-state index in [1.807, 2.05) is 0 Å². The van der Waals surface area contributed by atoms with Gasteiger partial charge in [-0.2, -0.15) is 0 Å². The van der Waals surface area contributed by atoms with Gasteiger partial charge in [-0.05, 0) is 49.2 Å². The Labute approximate surface area is 172 Å². The molecule has 3 heterocycles. The van der Waals surface area contributed by atoms with Gasteiger partial charge >= 0.3 is 0 Å². The number of amides is 1. The summed E-state index contributed by atoms with van der Waals surface area (Å²) in [6, 6.07) is 14.8. The summed E-state index contributed by atoms with van der Waals surface area (Å²) in [7, 11) is 0. The highest BCUT2D eigenvalue weighted by atomic mass is 32.1. The molecule has 2 aromatic rings. The van der Waals surface area contributed by atoms with E-state index in [0.29, 0.717) is 12.5 Å². The third-order valence-electron chi connectivity index (χ3n) is 5.79. The van der Waals surface area contributed by atoms with Gasteiger partial charge in [-0.25, -0.2) is 0 Å². The van der Waals surface area contributed by atoms with Crippen molar-refractivity contribution in [3.63, 3.8) is 0 Å². The lowest BCUT2D eigenvalue weighted by atomic mass is 9.95. The van der Waals surface area contributed by atoms with Crippen molar-refractivity contribution >= 4 is 17.2 Å². The van der Waals surface area contributed by atoms with Crippen molar-refractivity contribution in [3.05, 3.63) is 58.3 Å². The van der Waals surface area contributed by atoms with Gasteiger partial charge in [0.2, 0.25) is 5.91 Å². The summed E-state index contributed by atoms with van der Waals surface area (Å²) in [6.45, 7) is 5.15. The number of benzene rings is 1. The Morgan fingerprint density at radius 3 is 2.79 bits per heavy atom. The molecule has 0 spiro atoms. The smallest absolute Gasteiger partial charge is 0.227 e. The molecule has 1 aromatic carbocycles. The highest BCUT2D eigenvalue weighted by Crippen LogP contribution is 2.24. The summed E-state index contributed by atoms with van der Waals surface area (Å²) in [5.41, 5.74) is 1.32. The van der Waals surface area contributed by atoms with Gasteiger partial charge in [0, 0.05) is 31.1 Å². The van der Waals surface area contributed by atoms with Crippen molar-refractivity contribution in [3.8, 4) is 0 Å². The van der Waals surface area contributed by atoms with Crippen LogP contribution in [0, 0.1) is 5.92 Å². The maximum Gasteiger partial charge on any atom is 0.227 e. The maximum absolute atomic E-state index is 13.5. The summed E-state index contributed by atoms with van der Waals surface area (Å²) >= 11 is 1.73. The van der Waals surface area contributed by atoms with Gasteiger partial charge in [0.05, 0.1) is 18.6 Å². The largest absolute Gasteiger partial charge is 0.376 e. The maximum atomic E-state index is 13.5. The van der Waals surface area contributed by atoms with Crippen LogP contribution < -0.4 is 0 Å². The first kappa shape index (κ1) is 19.6. The van der Waals surface area contributed by atoms with Crippen molar-refractivity contribution in [1.82, 2.24) is 9.80 Å². The average molecular weight is 399 g/mol. The number of likely N-dealkylation sites (tertiary alicyclic amines) is 1. The van der Waals surface area contributed by atoms with Crippen LogP contribution in [0.4, 0.5) is 0 Å². The number of piperidine rings is 1. The first-order valence-corrected chi connectivity index (χ1v) is 11.3. The van der Waals surface area contributed by atoms with E-state index in [-0.39, 0.29) is 12.0 Å². The molecule has 2 fully saturated rings. The van der Waals surface area contributed by atoms with Crippen molar-refractivity contribution in [1.29, 1.82) is 0 Å². The van der Waals surface area contributed by atoms with Crippen molar-refractivity contribution in [2.45, 2.75) is 44.9 Å². The molecule has 4 rings (SSSR count). The minimum Gasteiger partial charge on any atom is -0.376 e. The zero-order valence-electron chi connectivity index (χ0n) is 16.5. The van der Waals surface area contributed by atoms with Crippen LogP contribution >= 0.6 is 11.3 Å². The zero-order valence-corrected chi connectivity index (χ0v) is 17.3. The molecule has 1 aromatic heterocycles. The molecule has 0 N–H and O–H groups in total. The van der Waals surface area contributed by atoms with Crippen LogP contribution in [0.1, 0.15) is 36.1 Å². The molecule has 2 unspecified atom stereocenters. The molecule has 150 valence electrons. The Bertz CT molecular complexity index is 728. The van der Waals surface area contributed by atoms with Gasteiger partial charge in [0.25, 0.3) is 0 Å². The summed E-state index contributed by atoms with van der Waals surface area (Å²) in [5.74, 6) is 0.403. The predicted molar refractivity (Wildman–Crippen MR) is 113 cm³/mol. The lowest BCUT2D eigenvalue weighted by Crippen LogP contribution is -2.46. The summed E-state index contributed by atoms with van der Waals surface area (Å²) in [5, 5.41) is 2.09. The monoisotopic (exact) mass is 398 g/mol. The minimum absolute atomic E-state index is 0.0961. The van der Waals surface area contributed by atoms with Gasteiger partial charge in [-0.15, -0.1) is 11.3 Å². The molecule has 0 bridgehead atoms. The SMILES string of the molecule is O=C(C1CCCN(Cc2ccccc2)C1)N(Cc1cccs1)CC1CCCO1. The number of thiophene rings is 1. The van der Waals surface area contributed by atoms with Crippen LogP contribution in [-0.2, 0) is 22.6 Å². The normalized spacial score (nSPS) is 23.0.